The number of rotatable bonds is 11. The molecule has 0 aliphatic rings. The zero-order chi connectivity index (χ0) is 27.2. The Balaban J connectivity index is 1.88. The third kappa shape index (κ3) is 7.15. The predicted molar refractivity (Wildman–Crippen MR) is 133 cm³/mol. The van der Waals surface area contributed by atoms with Crippen LogP contribution in [0.3, 0.4) is 0 Å². The smallest absolute Gasteiger partial charge is 0.305 e. The molecular formula is C27H29FN4O5. The van der Waals surface area contributed by atoms with Gasteiger partial charge in [-0.2, -0.15) is 15.0 Å². The molecule has 3 aromatic rings. The van der Waals surface area contributed by atoms with Gasteiger partial charge in [-0.3, -0.25) is 9.59 Å². The number of ether oxygens (including phenoxy) is 1. The van der Waals surface area contributed by atoms with Crippen LogP contribution in [0.5, 0.6) is 5.88 Å². The summed E-state index contributed by atoms with van der Waals surface area (Å²) in [5, 5.41) is 35.8. The number of hydrogen-bond donors (Lipinski definition) is 3. The molecule has 0 fully saturated rings. The van der Waals surface area contributed by atoms with Crippen molar-refractivity contribution in [2.75, 3.05) is 6.61 Å². The number of aliphatic hydroxyl groups is 1. The molecule has 37 heavy (non-hydrogen) atoms. The van der Waals surface area contributed by atoms with Crippen LogP contribution in [0.25, 0.3) is 5.69 Å². The van der Waals surface area contributed by atoms with Gasteiger partial charge in [0.15, 0.2) is 5.69 Å². The molecule has 1 unspecified atom stereocenters. The van der Waals surface area contributed by atoms with E-state index in [2.05, 4.69) is 10.4 Å². The molecule has 0 bridgehead atoms. The molecule has 0 saturated heterocycles. The van der Waals surface area contributed by atoms with Gasteiger partial charge in [-0.1, -0.05) is 38.1 Å². The first-order chi connectivity index (χ1) is 17.5. The number of nitrogens with zero attached hydrogens (tertiary/aromatic N) is 3. The van der Waals surface area contributed by atoms with Gasteiger partial charge in [0.1, 0.15) is 18.1 Å². The van der Waals surface area contributed by atoms with Crippen molar-refractivity contribution in [2.45, 2.75) is 45.3 Å². The summed E-state index contributed by atoms with van der Waals surface area (Å²) >= 11 is 0. The fraction of sp³-hybridized carbons (Fsp3) is 0.333. The predicted octanol–water partition coefficient (Wildman–Crippen LogP) is 3.48. The monoisotopic (exact) mass is 508 g/mol. The average Bonchev–Trinajstić information content (AvgIpc) is 3.27. The second kappa shape index (κ2) is 11.7. The van der Waals surface area contributed by atoms with Gasteiger partial charge in [-0.25, -0.2) is 4.39 Å². The van der Waals surface area contributed by atoms with Crippen molar-refractivity contribution in [1.29, 1.82) is 5.26 Å². The van der Waals surface area contributed by atoms with Crippen LogP contribution in [0, 0.1) is 23.1 Å². The summed E-state index contributed by atoms with van der Waals surface area (Å²) in [4.78, 5) is 24.5. The van der Waals surface area contributed by atoms with Gasteiger partial charge in [-0.05, 0) is 49.1 Å². The number of carboxylic acids is 1. The van der Waals surface area contributed by atoms with Crippen molar-refractivity contribution >= 4 is 11.9 Å². The third-order valence-electron chi connectivity index (χ3n) is 6.07. The highest BCUT2D eigenvalue weighted by molar-refractivity contribution is 5.93. The highest BCUT2D eigenvalue weighted by Gasteiger charge is 2.28. The van der Waals surface area contributed by atoms with E-state index in [9.17, 15) is 24.2 Å². The van der Waals surface area contributed by atoms with Gasteiger partial charge < -0.3 is 20.3 Å². The Hall–Kier alpha value is -4.23. The number of para-hydroxylation sites is 1. The van der Waals surface area contributed by atoms with E-state index in [4.69, 9.17) is 10.00 Å². The highest BCUT2D eigenvalue weighted by Crippen LogP contribution is 2.25. The Morgan fingerprint density at radius 1 is 1.22 bits per heavy atom. The second-order valence-electron chi connectivity index (χ2n) is 9.31. The van der Waals surface area contributed by atoms with E-state index in [-0.39, 0.29) is 42.6 Å². The summed E-state index contributed by atoms with van der Waals surface area (Å²) in [5.74, 6) is -2.47. The number of carbonyl (C=O) groups is 2. The number of aromatic nitrogens is 2. The van der Waals surface area contributed by atoms with Crippen molar-refractivity contribution in [3.05, 3.63) is 77.2 Å². The summed E-state index contributed by atoms with van der Waals surface area (Å²) in [6, 6.07) is 15.0. The lowest BCUT2D eigenvalue weighted by atomic mass is 9.94. The number of carboxylic acid groups (broad SMARTS) is 1. The molecular weight excluding hydrogens is 479 g/mol. The van der Waals surface area contributed by atoms with Crippen LogP contribution in [0.1, 0.15) is 48.8 Å². The van der Waals surface area contributed by atoms with Crippen LogP contribution in [0.15, 0.2) is 54.6 Å². The largest absolute Gasteiger partial charge is 0.481 e. The summed E-state index contributed by atoms with van der Waals surface area (Å²) < 4.78 is 21.5. The highest BCUT2D eigenvalue weighted by atomic mass is 19.1. The second-order valence-corrected chi connectivity index (χ2v) is 9.31. The van der Waals surface area contributed by atoms with E-state index in [0.29, 0.717) is 5.56 Å². The standard InChI is InChI=1S/C27H29FN4O5/c1-17(2)27(3,36)16-37-24-14-22(31-32(24)23-7-5-4-6-21(23)28)26(35)30-20(13-25(33)34)12-18-8-10-19(15-29)11-9-18/h4-11,14,17,20,36H,12-13,16H2,1-3H3,(H,30,35)(H,33,34)/t20?,27-/m1/s1. The lowest BCUT2D eigenvalue weighted by Crippen LogP contribution is -2.38. The van der Waals surface area contributed by atoms with Crippen LogP contribution < -0.4 is 10.1 Å². The zero-order valence-electron chi connectivity index (χ0n) is 20.8. The summed E-state index contributed by atoms with van der Waals surface area (Å²) in [6.07, 6.45) is -0.140. The van der Waals surface area contributed by atoms with Crippen LogP contribution in [-0.2, 0) is 11.2 Å². The number of amides is 1. The van der Waals surface area contributed by atoms with Crippen molar-refractivity contribution in [1.82, 2.24) is 15.1 Å². The van der Waals surface area contributed by atoms with Crippen molar-refractivity contribution in [2.24, 2.45) is 5.92 Å². The van der Waals surface area contributed by atoms with Gasteiger partial charge in [0.2, 0.25) is 5.88 Å². The number of nitriles is 1. The van der Waals surface area contributed by atoms with Crippen molar-refractivity contribution in [3.8, 4) is 17.6 Å². The molecule has 0 spiro atoms. The minimum atomic E-state index is -1.19. The Bertz CT molecular complexity index is 1290. The van der Waals surface area contributed by atoms with Crippen LogP contribution in [0.4, 0.5) is 4.39 Å². The molecule has 10 heteroatoms. The first kappa shape index (κ1) is 27.4. The topological polar surface area (TPSA) is 137 Å². The number of benzene rings is 2. The van der Waals surface area contributed by atoms with Crippen LogP contribution in [0.2, 0.25) is 0 Å². The zero-order valence-corrected chi connectivity index (χ0v) is 20.8. The number of aliphatic carboxylic acids is 1. The van der Waals surface area contributed by atoms with Crippen LogP contribution >= 0.6 is 0 Å². The Labute approximate surface area is 214 Å². The maximum Gasteiger partial charge on any atom is 0.305 e. The van der Waals surface area contributed by atoms with E-state index < -0.39 is 29.3 Å². The minimum absolute atomic E-state index is 0.0399. The quantitative estimate of drug-likeness (QED) is 0.361. The lowest BCUT2D eigenvalue weighted by molar-refractivity contribution is -0.137. The number of nitrogens with one attached hydrogen (secondary N) is 1. The molecule has 0 radical (unpaired) electrons. The molecule has 3 rings (SSSR count). The van der Waals surface area contributed by atoms with Gasteiger partial charge in [0.25, 0.3) is 5.91 Å². The third-order valence-corrected chi connectivity index (χ3v) is 6.07. The lowest BCUT2D eigenvalue weighted by Gasteiger charge is -2.27. The number of carbonyl (C=O) groups excluding carboxylic acids is 1. The number of hydrogen-bond acceptors (Lipinski definition) is 6. The molecule has 2 atom stereocenters. The molecule has 194 valence electrons. The van der Waals surface area contributed by atoms with Gasteiger partial charge >= 0.3 is 5.97 Å². The number of halogens is 1. The molecule has 1 heterocycles. The maximum absolute atomic E-state index is 14.6. The molecule has 0 aliphatic carbocycles. The summed E-state index contributed by atoms with van der Waals surface area (Å²) in [6.45, 7) is 5.13. The molecule has 0 saturated carbocycles. The van der Waals surface area contributed by atoms with Gasteiger partial charge in [0.05, 0.1) is 23.7 Å². The van der Waals surface area contributed by atoms with Gasteiger partial charge in [-0.15, -0.1) is 0 Å². The maximum atomic E-state index is 14.6. The van der Waals surface area contributed by atoms with E-state index in [1.54, 1.807) is 37.3 Å². The molecule has 0 aliphatic heterocycles. The molecule has 1 amide bonds. The Kier molecular flexibility index (Phi) is 8.63. The first-order valence-corrected chi connectivity index (χ1v) is 11.7. The molecule has 2 aromatic carbocycles. The SMILES string of the molecule is CC(C)[C@](C)(O)COc1cc(C(=O)NC(CC(=O)O)Cc2ccc(C#N)cc2)nn1-c1ccccc1F. The minimum Gasteiger partial charge on any atom is -0.481 e. The first-order valence-electron chi connectivity index (χ1n) is 11.7. The molecule has 9 nitrogen and oxygen atoms in total. The van der Waals surface area contributed by atoms with E-state index in [0.717, 1.165) is 10.2 Å². The Morgan fingerprint density at radius 3 is 2.49 bits per heavy atom. The summed E-state index contributed by atoms with van der Waals surface area (Å²) in [7, 11) is 0. The fourth-order valence-corrected chi connectivity index (χ4v) is 3.40. The summed E-state index contributed by atoms with van der Waals surface area (Å²) in [5.41, 5.74) is -0.0638. The van der Waals surface area contributed by atoms with E-state index >= 15 is 0 Å². The fourth-order valence-electron chi connectivity index (χ4n) is 3.40. The van der Waals surface area contributed by atoms with Crippen LogP contribution in [-0.4, -0.2) is 50.1 Å². The van der Waals surface area contributed by atoms with Gasteiger partial charge in [0, 0.05) is 12.1 Å². The van der Waals surface area contributed by atoms with Crippen molar-refractivity contribution in [3.63, 3.8) is 0 Å². The Morgan fingerprint density at radius 2 is 1.89 bits per heavy atom. The normalized spacial score (nSPS) is 13.4. The average molecular weight is 509 g/mol. The van der Waals surface area contributed by atoms with Crippen molar-refractivity contribution < 1.29 is 28.9 Å². The van der Waals surface area contributed by atoms with E-state index in [1.807, 2.05) is 19.9 Å². The van der Waals surface area contributed by atoms with E-state index in [1.165, 1.54) is 24.3 Å². The molecule has 1 aromatic heterocycles. The molecule has 3 N–H and O–H groups in total.